The van der Waals surface area contributed by atoms with Crippen molar-refractivity contribution >= 4 is 5.91 Å². The Morgan fingerprint density at radius 3 is 2.88 bits per heavy atom. The monoisotopic (exact) mass is 341 g/mol. The highest BCUT2D eigenvalue weighted by Gasteiger charge is 2.31. The first-order valence-corrected chi connectivity index (χ1v) is 9.04. The first-order valence-electron chi connectivity index (χ1n) is 9.04. The maximum atomic E-state index is 12.8. The van der Waals surface area contributed by atoms with E-state index in [9.17, 15) is 4.79 Å². The van der Waals surface area contributed by atoms with Gasteiger partial charge in [-0.05, 0) is 30.9 Å². The summed E-state index contributed by atoms with van der Waals surface area (Å²) in [4.78, 5) is 14.8. The Morgan fingerprint density at radius 1 is 1.36 bits per heavy atom. The Bertz CT molecular complexity index is 683. The van der Waals surface area contributed by atoms with Crippen LogP contribution in [0.3, 0.4) is 0 Å². The molecule has 0 radical (unpaired) electrons. The summed E-state index contributed by atoms with van der Waals surface area (Å²) in [5, 5.41) is 4.36. The summed E-state index contributed by atoms with van der Waals surface area (Å²) in [6, 6.07) is 10.3. The first kappa shape index (κ1) is 17.7. The summed E-state index contributed by atoms with van der Waals surface area (Å²) in [5.41, 5.74) is 2.29. The number of hydrogen-bond donors (Lipinski definition) is 0. The van der Waals surface area contributed by atoms with Gasteiger partial charge < -0.3 is 9.64 Å². The van der Waals surface area contributed by atoms with Crippen molar-refractivity contribution in [2.24, 2.45) is 5.92 Å². The molecule has 1 amide bonds. The van der Waals surface area contributed by atoms with Crippen molar-refractivity contribution in [3.05, 3.63) is 53.9 Å². The van der Waals surface area contributed by atoms with E-state index in [1.54, 1.807) is 0 Å². The number of likely N-dealkylation sites (tertiary alicyclic amines) is 1. The molecule has 1 aromatic carbocycles. The number of hydrogen-bond acceptors (Lipinski definition) is 3. The molecule has 1 aliphatic rings. The zero-order chi connectivity index (χ0) is 17.6. The van der Waals surface area contributed by atoms with E-state index in [4.69, 9.17) is 4.74 Å². The number of nitrogens with zero attached hydrogens (tertiary/aromatic N) is 3. The number of carbonyl (C=O) groups is 1. The lowest BCUT2D eigenvalue weighted by Gasteiger charge is -2.27. The third-order valence-corrected chi connectivity index (χ3v) is 4.72. The number of benzene rings is 1. The fraction of sp³-hybridized carbons (Fsp3) is 0.500. The topological polar surface area (TPSA) is 47.4 Å². The molecule has 0 unspecified atom stereocenters. The molecule has 3 rings (SSSR count). The van der Waals surface area contributed by atoms with Gasteiger partial charge in [0, 0.05) is 12.7 Å². The molecule has 1 aliphatic heterocycles. The van der Waals surface area contributed by atoms with Crippen LogP contribution in [0.5, 0.6) is 0 Å². The van der Waals surface area contributed by atoms with Gasteiger partial charge in [-0.2, -0.15) is 5.10 Å². The zero-order valence-electron chi connectivity index (χ0n) is 15.1. The van der Waals surface area contributed by atoms with Gasteiger partial charge in [0.25, 0.3) is 0 Å². The smallest absolute Gasteiger partial charge is 0.228 e. The molecule has 0 saturated carbocycles. The van der Waals surface area contributed by atoms with Crippen molar-refractivity contribution < 1.29 is 9.53 Å². The molecule has 0 N–H and O–H groups in total. The molecule has 134 valence electrons. The van der Waals surface area contributed by atoms with Gasteiger partial charge in [-0.1, -0.05) is 37.3 Å². The minimum Gasteiger partial charge on any atom is -0.376 e. The van der Waals surface area contributed by atoms with Crippen molar-refractivity contribution in [2.75, 3.05) is 13.2 Å². The maximum Gasteiger partial charge on any atom is 0.228 e. The Labute approximate surface area is 149 Å². The molecular formula is C20H27N3O2. The minimum absolute atomic E-state index is 0.122. The Kier molecular flexibility index (Phi) is 5.87. The van der Waals surface area contributed by atoms with E-state index in [0.717, 1.165) is 37.1 Å². The SMILES string of the molecule is Cc1cnn(C[C@H]2CCCN2C(=O)[C@H](C)COCc2ccccc2)c1. The fourth-order valence-corrected chi connectivity index (χ4v) is 3.38. The van der Waals surface area contributed by atoms with E-state index in [2.05, 4.69) is 5.10 Å². The van der Waals surface area contributed by atoms with Crippen LogP contribution in [-0.2, 0) is 22.7 Å². The third-order valence-electron chi connectivity index (χ3n) is 4.72. The van der Waals surface area contributed by atoms with Gasteiger partial charge in [0.05, 0.1) is 37.9 Å². The van der Waals surface area contributed by atoms with Crippen LogP contribution in [0.25, 0.3) is 0 Å². The summed E-state index contributed by atoms with van der Waals surface area (Å²) in [6.45, 7) is 6.62. The van der Waals surface area contributed by atoms with Gasteiger partial charge in [-0.3, -0.25) is 9.48 Å². The van der Waals surface area contributed by atoms with Crippen molar-refractivity contribution in [2.45, 2.75) is 45.9 Å². The normalized spacial score (nSPS) is 18.5. The predicted octanol–water partition coefficient (Wildman–Crippen LogP) is 3.04. The molecular weight excluding hydrogens is 314 g/mol. The van der Waals surface area contributed by atoms with E-state index >= 15 is 0 Å². The largest absolute Gasteiger partial charge is 0.376 e. The lowest BCUT2D eigenvalue weighted by atomic mass is 10.1. The Balaban J connectivity index is 1.50. The van der Waals surface area contributed by atoms with Gasteiger partial charge in [-0.25, -0.2) is 0 Å². The molecule has 0 spiro atoms. The second-order valence-corrected chi connectivity index (χ2v) is 6.97. The van der Waals surface area contributed by atoms with Crippen molar-refractivity contribution in [1.82, 2.24) is 14.7 Å². The molecule has 2 aromatic rings. The molecule has 0 bridgehead atoms. The highest BCUT2D eigenvalue weighted by molar-refractivity contribution is 5.79. The van der Waals surface area contributed by atoms with Gasteiger partial charge >= 0.3 is 0 Å². The number of aromatic nitrogens is 2. The minimum atomic E-state index is -0.122. The first-order chi connectivity index (χ1) is 12.1. The van der Waals surface area contributed by atoms with Crippen molar-refractivity contribution in [1.29, 1.82) is 0 Å². The number of carbonyl (C=O) groups excluding carboxylic acids is 1. The Morgan fingerprint density at radius 2 is 2.16 bits per heavy atom. The molecule has 5 heteroatoms. The van der Waals surface area contributed by atoms with Gasteiger partial charge in [0.2, 0.25) is 5.91 Å². The van der Waals surface area contributed by atoms with Crippen LogP contribution < -0.4 is 0 Å². The molecule has 2 heterocycles. The van der Waals surface area contributed by atoms with E-state index in [0.29, 0.717) is 13.2 Å². The standard InChI is InChI=1S/C20H27N3O2/c1-16-11-21-22(12-16)13-19-9-6-10-23(19)20(24)17(2)14-25-15-18-7-4-3-5-8-18/h3-5,7-8,11-12,17,19H,6,9-10,13-15H2,1-2H3/t17-,19-/m1/s1. The second kappa shape index (κ2) is 8.30. The summed E-state index contributed by atoms with van der Waals surface area (Å²) in [5.74, 6) is 0.0723. The highest BCUT2D eigenvalue weighted by Crippen LogP contribution is 2.21. The summed E-state index contributed by atoms with van der Waals surface area (Å²) < 4.78 is 7.70. The van der Waals surface area contributed by atoms with Crippen LogP contribution in [0.15, 0.2) is 42.7 Å². The van der Waals surface area contributed by atoms with E-state index in [1.165, 1.54) is 0 Å². The zero-order valence-corrected chi connectivity index (χ0v) is 15.1. The maximum absolute atomic E-state index is 12.8. The molecule has 0 aliphatic carbocycles. The van der Waals surface area contributed by atoms with E-state index < -0.39 is 0 Å². The van der Waals surface area contributed by atoms with Crippen LogP contribution in [0.2, 0.25) is 0 Å². The summed E-state index contributed by atoms with van der Waals surface area (Å²) >= 11 is 0. The van der Waals surface area contributed by atoms with Crippen LogP contribution in [0.4, 0.5) is 0 Å². The number of aryl methyl sites for hydroxylation is 1. The number of ether oxygens (including phenoxy) is 1. The summed E-state index contributed by atoms with van der Waals surface area (Å²) in [6.07, 6.45) is 6.00. The van der Waals surface area contributed by atoms with Gasteiger partial charge in [0.1, 0.15) is 0 Å². The molecule has 5 nitrogen and oxygen atoms in total. The highest BCUT2D eigenvalue weighted by atomic mass is 16.5. The lowest BCUT2D eigenvalue weighted by molar-refractivity contribution is -0.138. The van der Waals surface area contributed by atoms with Crippen LogP contribution in [-0.4, -0.2) is 39.8 Å². The van der Waals surface area contributed by atoms with Crippen LogP contribution in [0, 0.1) is 12.8 Å². The Hall–Kier alpha value is -2.14. The quantitative estimate of drug-likeness (QED) is 0.778. The lowest BCUT2D eigenvalue weighted by Crippen LogP contribution is -2.42. The average molecular weight is 341 g/mol. The molecule has 1 aromatic heterocycles. The van der Waals surface area contributed by atoms with E-state index in [-0.39, 0.29) is 17.9 Å². The average Bonchev–Trinajstić information content (AvgIpc) is 3.24. The second-order valence-electron chi connectivity index (χ2n) is 6.97. The number of rotatable bonds is 7. The van der Waals surface area contributed by atoms with Crippen LogP contribution >= 0.6 is 0 Å². The van der Waals surface area contributed by atoms with Crippen molar-refractivity contribution in [3.63, 3.8) is 0 Å². The van der Waals surface area contributed by atoms with E-state index in [1.807, 2.05) is 66.2 Å². The van der Waals surface area contributed by atoms with Crippen LogP contribution in [0.1, 0.15) is 30.9 Å². The van der Waals surface area contributed by atoms with Crippen molar-refractivity contribution in [3.8, 4) is 0 Å². The van der Waals surface area contributed by atoms with Gasteiger partial charge in [0.15, 0.2) is 0 Å². The third kappa shape index (κ3) is 4.69. The van der Waals surface area contributed by atoms with Gasteiger partial charge in [-0.15, -0.1) is 0 Å². The predicted molar refractivity (Wildman–Crippen MR) is 97.0 cm³/mol. The molecule has 2 atom stereocenters. The fourth-order valence-electron chi connectivity index (χ4n) is 3.38. The molecule has 1 fully saturated rings. The summed E-state index contributed by atoms with van der Waals surface area (Å²) in [7, 11) is 0. The number of amides is 1. The molecule has 25 heavy (non-hydrogen) atoms. The molecule has 1 saturated heterocycles.